The molecule has 0 aliphatic carbocycles. The molecule has 138 valence electrons. The van der Waals surface area contributed by atoms with Crippen LogP contribution in [0.1, 0.15) is 40.4 Å². The van der Waals surface area contributed by atoms with Gasteiger partial charge in [0.2, 0.25) is 11.5 Å². The Balaban J connectivity index is 2.03. The van der Waals surface area contributed by atoms with Crippen LogP contribution in [0.5, 0.6) is 0 Å². The molecule has 0 saturated heterocycles. The van der Waals surface area contributed by atoms with E-state index in [1.165, 1.54) is 6.20 Å². The van der Waals surface area contributed by atoms with E-state index in [0.29, 0.717) is 34.0 Å². The lowest BCUT2D eigenvalue weighted by Crippen LogP contribution is -2.32. The fourth-order valence-corrected chi connectivity index (χ4v) is 3.46. The Hall–Kier alpha value is -2.88. The van der Waals surface area contributed by atoms with Crippen LogP contribution in [0.2, 0.25) is 0 Å². The topological polar surface area (TPSA) is 26.1 Å². The third-order valence-electron chi connectivity index (χ3n) is 5.05. The zero-order valence-corrected chi connectivity index (χ0v) is 15.8. The van der Waals surface area contributed by atoms with Crippen LogP contribution < -0.4 is 4.57 Å². The van der Waals surface area contributed by atoms with E-state index in [0.717, 1.165) is 5.56 Å². The average Bonchev–Trinajstić information content (AvgIpc) is 3.23. The minimum Gasteiger partial charge on any atom is -0.308 e. The first-order chi connectivity index (χ1) is 16.4. The number of imidazole rings is 2. The van der Waals surface area contributed by atoms with Gasteiger partial charge in [0.1, 0.15) is 12.7 Å². The molecule has 0 fully saturated rings. The first kappa shape index (κ1) is 9.88. The second kappa shape index (κ2) is 6.08. The maximum atomic E-state index is 8.13. The van der Waals surface area contributed by atoms with Gasteiger partial charge in [-0.1, -0.05) is 23.8 Å². The lowest BCUT2D eigenvalue weighted by Gasteiger charge is -2.11. The minimum absolute atomic E-state index is 0.0180. The van der Waals surface area contributed by atoms with Crippen molar-refractivity contribution < 1.29 is 16.9 Å². The fraction of sp³-hybridized carbons (Fsp3) is 0.304. The van der Waals surface area contributed by atoms with Crippen LogP contribution in [0, 0.1) is 34.4 Å². The largest absolute Gasteiger partial charge is 0.308 e. The Morgan fingerprint density at radius 3 is 2.56 bits per heavy atom. The highest BCUT2D eigenvalue weighted by Gasteiger charge is 2.21. The molecule has 0 atom stereocenters. The number of nitrogens with zero attached hydrogens (tertiary/aromatic N) is 4. The second-order valence-electron chi connectivity index (χ2n) is 6.94. The number of fused-ring (bicyclic) bond motifs is 1. The van der Waals surface area contributed by atoms with Crippen molar-refractivity contribution in [3.05, 3.63) is 64.7 Å². The number of aryl methyl sites for hydroxylation is 7. The standard InChI is InChI=1S/C23H27N4/c1-14-8-9-19(15(2)10-14)20-11-21(25(6)12-16(20)3)22-13-27-18(5)17(4)24-23(27)26(22)7/h8-13H,1-7H3/q+1/i2D3,3D3,4D3. The molecule has 0 bridgehead atoms. The van der Waals surface area contributed by atoms with Gasteiger partial charge < -0.3 is 4.57 Å². The van der Waals surface area contributed by atoms with Gasteiger partial charge in [-0.05, 0) is 51.1 Å². The van der Waals surface area contributed by atoms with Gasteiger partial charge in [0.05, 0.1) is 5.69 Å². The third kappa shape index (κ3) is 2.67. The predicted octanol–water partition coefficient (Wildman–Crippen LogP) is 4.37. The van der Waals surface area contributed by atoms with E-state index in [2.05, 4.69) is 4.98 Å². The van der Waals surface area contributed by atoms with E-state index in [1.54, 1.807) is 71.9 Å². The molecule has 4 nitrogen and oxygen atoms in total. The molecule has 1 aromatic carbocycles. The highest BCUT2D eigenvalue weighted by Crippen LogP contribution is 2.30. The average molecular weight is 369 g/mol. The number of benzene rings is 1. The smallest absolute Gasteiger partial charge is 0.231 e. The summed E-state index contributed by atoms with van der Waals surface area (Å²) in [6.07, 6.45) is 3.25. The molecular weight excluding hydrogens is 332 g/mol. The van der Waals surface area contributed by atoms with Gasteiger partial charge in [-0.2, -0.15) is 4.57 Å². The van der Waals surface area contributed by atoms with E-state index in [1.807, 2.05) is 0 Å². The molecule has 3 aromatic heterocycles. The number of aromatic nitrogens is 4. The van der Waals surface area contributed by atoms with Crippen molar-refractivity contribution in [2.24, 2.45) is 14.1 Å². The molecule has 4 rings (SSSR count). The van der Waals surface area contributed by atoms with Gasteiger partial charge in [0, 0.05) is 42.9 Å². The highest BCUT2D eigenvalue weighted by molar-refractivity contribution is 5.73. The van der Waals surface area contributed by atoms with E-state index in [-0.39, 0.29) is 16.8 Å². The van der Waals surface area contributed by atoms with Crippen molar-refractivity contribution in [3.8, 4) is 22.5 Å². The van der Waals surface area contributed by atoms with Gasteiger partial charge in [0.25, 0.3) is 0 Å². The molecule has 0 N–H and O–H groups in total. The van der Waals surface area contributed by atoms with Gasteiger partial charge in [-0.15, -0.1) is 0 Å². The van der Waals surface area contributed by atoms with E-state index < -0.39 is 20.6 Å². The van der Waals surface area contributed by atoms with E-state index in [9.17, 15) is 0 Å². The van der Waals surface area contributed by atoms with Crippen molar-refractivity contribution >= 4 is 5.78 Å². The molecule has 0 aliphatic heterocycles. The van der Waals surface area contributed by atoms with Crippen LogP contribution in [-0.4, -0.2) is 14.0 Å². The lowest BCUT2D eigenvalue weighted by atomic mass is 9.95. The zero-order chi connectivity index (χ0) is 27.0. The molecule has 0 aliphatic rings. The Kier molecular flexibility index (Phi) is 2.23. The van der Waals surface area contributed by atoms with Gasteiger partial charge in [-0.3, -0.25) is 4.40 Å². The maximum absolute atomic E-state index is 8.13. The van der Waals surface area contributed by atoms with Crippen LogP contribution in [0.3, 0.4) is 0 Å². The first-order valence-corrected chi connectivity index (χ1v) is 8.62. The van der Waals surface area contributed by atoms with Crippen LogP contribution in [0.25, 0.3) is 28.3 Å². The molecule has 0 radical (unpaired) electrons. The number of hydrogen-bond donors (Lipinski definition) is 0. The molecule has 3 heterocycles. The summed E-state index contributed by atoms with van der Waals surface area (Å²) >= 11 is 0. The Bertz CT molecular complexity index is 1480. The summed E-state index contributed by atoms with van der Waals surface area (Å²) < 4.78 is 76.9. The summed E-state index contributed by atoms with van der Waals surface area (Å²) in [5.74, 6) is 0.425. The molecular formula is C23H27N4+. The van der Waals surface area contributed by atoms with Crippen molar-refractivity contribution in [1.82, 2.24) is 14.0 Å². The van der Waals surface area contributed by atoms with Gasteiger partial charge >= 0.3 is 0 Å². The maximum Gasteiger partial charge on any atom is 0.231 e. The number of rotatable bonds is 2. The summed E-state index contributed by atoms with van der Waals surface area (Å²) in [6, 6.07) is 6.65. The van der Waals surface area contributed by atoms with Crippen molar-refractivity contribution in [3.63, 3.8) is 0 Å². The van der Waals surface area contributed by atoms with Gasteiger partial charge in [-0.25, -0.2) is 4.98 Å². The van der Waals surface area contributed by atoms with E-state index in [4.69, 9.17) is 12.3 Å². The second-order valence-corrected chi connectivity index (χ2v) is 6.94. The zero-order valence-electron chi connectivity index (χ0n) is 24.8. The van der Waals surface area contributed by atoms with Crippen LogP contribution in [0.15, 0.2) is 36.7 Å². The molecule has 0 spiro atoms. The Morgan fingerprint density at radius 1 is 1.04 bits per heavy atom. The van der Waals surface area contributed by atoms with Crippen molar-refractivity contribution in [1.29, 1.82) is 0 Å². The normalized spacial score (nSPS) is 17.9. The quantitative estimate of drug-likeness (QED) is 0.482. The van der Waals surface area contributed by atoms with Gasteiger partial charge in [0.15, 0.2) is 6.20 Å². The van der Waals surface area contributed by atoms with Crippen LogP contribution >= 0.6 is 0 Å². The summed E-state index contributed by atoms with van der Waals surface area (Å²) in [6.45, 7) is -3.82. The van der Waals surface area contributed by atoms with Crippen molar-refractivity contribution in [2.45, 2.75) is 34.4 Å². The molecule has 4 heteroatoms. The summed E-state index contributed by atoms with van der Waals surface area (Å²) in [5.41, 5.74) is 3.25. The Morgan fingerprint density at radius 2 is 1.85 bits per heavy atom. The summed E-state index contributed by atoms with van der Waals surface area (Å²) in [4.78, 5) is 4.34. The lowest BCUT2D eigenvalue weighted by molar-refractivity contribution is -0.660. The highest BCUT2D eigenvalue weighted by atomic mass is 15.2. The molecule has 0 amide bonds. The van der Waals surface area contributed by atoms with E-state index >= 15 is 0 Å². The van der Waals surface area contributed by atoms with Crippen LogP contribution in [-0.2, 0) is 14.1 Å². The van der Waals surface area contributed by atoms with Crippen LogP contribution in [0.4, 0.5) is 0 Å². The summed E-state index contributed by atoms with van der Waals surface area (Å²) in [7, 11) is 3.46. The third-order valence-corrected chi connectivity index (χ3v) is 5.05. The minimum atomic E-state index is -2.49. The fourth-order valence-electron chi connectivity index (χ4n) is 3.46. The van der Waals surface area contributed by atoms with Crippen molar-refractivity contribution in [2.75, 3.05) is 0 Å². The number of hydrogen-bond acceptors (Lipinski definition) is 1. The predicted molar refractivity (Wildman–Crippen MR) is 110 cm³/mol. The summed E-state index contributed by atoms with van der Waals surface area (Å²) in [5, 5.41) is 0. The molecule has 27 heavy (non-hydrogen) atoms. The SMILES string of the molecule is [2H]C([2H])([2H])c1cc(C)ccc1-c1cc(-c2cn3c(C)c(C([2H])([2H])[2H])nc3n2C)[n+](C)cc1C([2H])([2H])[2H]. The molecule has 4 aromatic rings. The molecule has 0 saturated carbocycles. The first-order valence-electron chi connectivity index (χ1n) is 13.1. The number of pyridine rings is 1. The molecule has 0 unspecified atom stereocenters. The Labute approximate surface area is 173 Å². The monoisotopic (exact) mass is 368 g/mol.